The van der Waals surface area contributed by atoms with E-state index in [0.29, 0.717) is 6.61 Å². The van der Waals surface area contributed by atoms with Crippen LogP contribution in [-0.2, 0) is 9.53 Å². The largest absolute Gasteiger partial charge is 0.465 e. The van der Waals surface area contributed by atoms with Crippen LogP contribution < -0.4 is 0 Å². The number of hydrogen-bond donors (Lipinski definition) is 0. The van der Waals surface area contributed by atoms with Gasteiger partial charge in [-0.1, -0.05) is 111 Å². The van der Waals surface area contributed by atoms with E-state index >= 15 is 0 Å². The molecule has 0 N–H and O–H groups in total. The van der Waals surface area contributed by atoms with E-state index in [1.807, 2.05) is 0 Å². The van der Waals surface area contributed by atoms with Crippen molar-refractivity contribution in [2.24, 2.45) is 0 Å². The van der Waals surface area contributed by atoms with E-state index in [-0.39, 0.29) is 11.0 Å². The molecule has 0 aliphatic carbocycles. The SMILES string of the molecule is CCCCCCCCOC(=O)C(CC)(CCCCCCCC)[SiH2]CCC. The van der Waals surface area contributed by atoms with Gasteiger partial charge in [0.15, 0.2) is 0 Å². The van der Waals surface area contributed by atoms with Crippen LogP contribution in [0.25, 0.3) is 0 Å². The van der Waals surface area contributed by atoms with Crippen LogP contribution >= 0.6 is 0 Å². The van der Waals surface area contributed by atoms with Crippen LogP contribution in [0.3, 0.4) is 0 Å². The van der Waals surface area contributed by atoms with E-state index < -0.39 is 9.52 Å². The lowest BCUT2D eigenvalue weighted by Crippen LogP contribution is -2.32. The smallest absolute Gasteiger partial charge is 0.308 e. The molecule has 156 valence electrons. The lowest BCUT2D eigenvalue weighted by molar-refractivity contribution is -0.148. The van der Waals surface area contributed by atoms with Crippen LogP contribution in [0.5, 0.6) is 0 Å². The molecular formula is C23H48O2Si. The molecule has 0 aliphatic heterocycles. The monoisotopic (exact) mass is 384 g/mol. The van der Waals surface area contributed by atoms with Crippen molar-refractivity contribution in [3.63, 3.8) is 0 Å². The van der Waals surface area contributed by atoms with Crippen LogP contribution in [0.4, 0.5) is 0 Å². The van der Waals surface area contributed by atoms with Crippen molar-refractivity contribution < 1.29 is 9.53 Å². The summed E-state index contributed by atoms with van der Waals surface area (Å²) in [5, 5.41) is -0.0804. The molecule has 2 nitrogen and oxygen atoms in total. The normalized spacial score (nSPS) is 14.0. The summed E-state index contributed by atoms with van der Waals surface area (Å²) < 4.78 is 5.79. The highest BCUT2D eigenvalue weighted by Gasteiger charge is 2.37. The third-order valence-corrected chi connectivity index (χ3v) is 9.02. The molecule has 0 heterocycles. The Bertz CT molecular complexity index is 319. The molecule has 0 fully saturated rings. The van der Waals surface area contributed by atoms with Gasteiger partial charge < -0.3 is 4.74 Å². The van der Waals surface area contributed by atoms with E-state index in [9.17, 15) is 4.79 Å². The summed E-state index contributed by atoms with van der Waals surface area (Å²) in [5.41, 5.74) is 0. The number of rotatable bonds is 19. The van der Waals surface area contributed by atoms with Gasteiger partial charge in [0, 0.05) is 9.52 Å². The Morgan fingerprint density at radius 3 is 1.81 bits per heavy atom. The summed E-state index contributed by atoms with van der Waals surface area (Å²) in [6, 6.07) is 1.27. The van der Waals surface area contributed by atoms with E-state index in [0.717, 1.165) is 19.3 Å². The first-order valence-electron chi connectivity index (χ1n) is 11.8. The van der Waals surface area contributed by atoms with Gasteiger partial charge in [-0.15, -0.1) is 0 Å². The van der Waals surface area contributed by atoms with E-state index in [4.69, 9.17) is 4.74 Å². The predicted octanol–water partition coefficient (Wildman–Crippen LogP) is 7.21. The predicted molar refractivity (Wildman–Crippen MR) is 119 cm³/mol. The Kier molecular flexibility index (Phi) is 17.9. The molecule has 0 aromatic rings. The lowest BCUT2D eigenvalue weighted by Gasteiger charge is -2.30. The molecule has 0 saturated carbocycles. The van der Waals surface area contributed by atoms with Crippen LogP contribution in [0.15, 0.2) is 0 Å². The number of carbonyl (C=O) groups is 1. The third-order valence-electron chi connectivity index (χ3n) is 5.86. The standard InChI is InChI=1S/C23H48O2Si/c1-5-9-11-13-15-17-19-23(8-4,26-21-7-3)22(24)25-20-18-16-14-12-10-6-2/h5-21,26H2,1-4H3. The molecule has 0 aromatic heterocycles. The van der Waals surface area contributed by atoms with Gasteiger partial charge in [0.2, 0.25) is 0 Å². The molecule has 0 bridgehead atoms. The fourth-order valence-electron chi connectivity index (χ4n) is 3.79. The lowest BCUT2D eigenvalue weighted by atomic mass is 9.96. The van der Waals surface area contributed by atoms with Crippen LogP contribution in [0.2, 0.25) is 11.1 Å². The van der Waals surface area contributed by atoms with Crippen molar-refractivity contribution in [2.45, 2.75) is 135 Å². The Labute approximate surface area is 167 Å². The number of carbonyl (C=O) groups excluding carboxylic acids is 1. The Hall–Kier alpha value is -0.313. The zero-order valence-corrected chi connectivity index (χ0v) is 20.0. The second kappa shape index (κ2) is 18.1. The number of ether oxygens (including phenoxy) is 1. The first-order chi connectivity index (χ1) is 12.7. The zero-order valence-electron chi connectivity index (χ0n) is 18.5. The maximum absolute atomic E-state index is 12.9. The van der Waals surface area contributed by atoms with Crippen molar-refractivity contribution in [2.75, 3.05) is 6.61 Å². The Morgan fingerprint density at radius 2 is 1.27 bits per heavy atom. The molecule has 0 aliphatic rings. The quantitative estimate of drug-likeness (QED) is 0.134. The highest BCUT2D eigenvalue weighted by Crippen LogP contribution is 2.39. The molecule has 0 saturated heterocycles. The van der Waals surface area contributed by atoms with Gasteiger partial charge in [0.1, 0.15) is 0 Å². The van der Waals surface area contributed by atoms with Crippen molar-refractivity contribution in [3.8, 4) is 0 Å². The minimum absolute atomic E-state index is 0.0804. The molecule has 0 rings (SSSR count). The fourth-order valence-corrected chi connectivity index (χ4v) is 5.98. The summed E-state index contributed by atoms with van der Waals surface area (Å²) in [6.45, 7) is 9.61. The van der Waals surface area contributed by atoms with Gasteiger partial charge >= 0.3 is 5.97 Å². The maximum atomic E-state index is 12.9. The summed E-state index contributed by atoms with van der Waals surface area (Å²) in [7, 11) is -0.398. The van der Waals surface area contributed by atoms with Crippen molar-refractivity contribution in [1.82, 2.24) is 0 Å². The molecule has 3 heteroatoms. The average molecular weight is 385 g/mol. The first kappa shape index (κ1) is 25.7. The molecule has 0 spiro atoms. The van der Waals surface area contributed by atoms with E-state index in [2.05, 4.69) is 27.7 Å². The van der Waals surface area contributed by atoms with Gasteiger partial charge in [-0.3, -0.25) is 4.79 Å². The van der Waals surface area contributed by atoms with Gasteiger partial charge in [-0.05, 0) is 19.3 Å². The summed E-state index contributed by atoms with van der Waals surface area (Å²) in [6.07, 6.45) is 18.6. The average Bonchev–Trinajstić information content (AvgIpc) is 2.66. The number of hydrogen-bond acceptors (Lipinski definition) is 2. The fraction of sp³-hybridized carbons (Fsp3) is 0.957. The topological polar surface area (TPSA) is 26.3 Å². The van der Waals surface area contributed by atoms with Gasteiger partial charge in [-0.25, -0.2) is 0 Å². The van der Waals surface area contributed by atoms with Crippen LogP contribution in [-0.4, -0.2) is 22.1 Å². The minimum atomic E-state index is -0.398. The summed E-state index contributed by atoms with van der Waals surface area (Å²) in [5.74, 6) is 0.155. The van der Waals surface area contributed by atoms with Gasteiger partial charge in [0.05, 0.1) is 11.6 Å². The first-order valence-corrected chi connectivity index (χ1v) is 13.5. The summed E-state index contributed by atoms with van der Waals surface area (Å²) >= 11 is 0. The summed E-state index contributed by atoms with van der Waals surface area (Å²) in [4.78, 5) is 12.9. The Morgan fingerprint density at radius 1 is 0.731 bits per heavy atom. The third kappa shape index (κ3) is 12.1. The Balaban J connectivity index is 4.28. The van der Waals surface area contributed by atoms with Crippen molar-refractivity contribution >= 4 is 15.5 Å². The number of unbranched alkanes of at least 4 members (excludes halogenated alkanes) is 10. The molecule has 0 amide bonds. The second-order valence-electron chi connectivity index (χ2n) is 8.16. The van der Waals surface area contributed by atoms with Gasteiger partial charge in [-0.2, -0.15) is 0 Å². The molecule has 0 aromatic carbocycles. The van der Waals surface area contributed by atoms with Gasteiger partial charge in [0.25, 0.3) is 0 Å². The molecule has 0 radical (unpaired) electrons. The minimum Gasteiger partial charge on any atom is -0.465 e. The second-order valence-corrected chi connectivity index (χ2v) is 10.7. The molecule has 1 unspecified atom stereocenters. The van der Waals surface area contributed by atoms with E-state index in [1.54, 1.807) is 0 Å². The zero-order chi connectivity index (χ0) is 19.5. The number of esters is 1. The van der Waals surface area contributed by atoms with Crippen LogP contribution in [0, 0.1) is 0 Å². The molecular weight excluding hydrogens is 336 g/mol. The molecule has 1 atom stereocenters. The van der Waals surface area contributed by atoms with Crippen LogP contribution in [0.1, 0.15) is 124 Å². The molecule has 26 heavy (non-hydrogen) atoms. The van der Waals surface area contributed by atoms with Crippen molar-refractivity contribution in [3.05, 3.63) is 0 Å². The highest BCUT2D eigenvalue weighted by molar-refractivity contribution is 6.46. The maximum Gasteiger partial charge on any atom is 0.308 e. The highest BCUT2D eigenvalue weighted by atomic mass is 28.2. The van der Waals surface area contributed by atoms with Crippen molar-refractivity contribution in [1.29, 1.82) is 0 Å². The van der Waals surface area contributed by atoms with E-state index in [1.165, 1.54) is 83.1 Å².